The van der Waals surface area contributed by atoms with Crippen LogP contribution in [0.2, 0.25) is 0 Å². The van der Waals surface area contributed by atoms with Crippen LogP contribution in [0.5, 0.6) is 0 Å². The number of carbonyl (C=O) groups excluding carboxylic acids is 2. The zero-order valence-electron chi connectivity index (χ0n) is 20.9. The van der Waals surface area contributed by atoms with Crippen molar-refractivity contribution >= 4 is 11.9 Å². The first-order chi connectivity index (χ1) is 16.4. The maximum atomic E-state index is 12.1. The predicted molar refractivity (Wildman–Crippen MR) is 115 cm³/mol. The lowest BCUT2D eigenvalue weighted by Crippen LogP contribution is -2.52. The standard InChI is InChI=1S/C23H35NO11/c1-10(25)24-13-7-12(29-11(2)26)8-27-16-14(30-20-18(16)32-22(3,4)34-20)9-28-17-15(13)31-21-19(17)33-23(5,6)35-21/h12-21H,7-9H2,1-6H3,(H,24,25)/t12-,13?,14+,15+,16+,17+,18+,19+,20+,21+/m0/s1. The molecule has 0 bridgehead atoms. The van der Waals surface area contributed by atoms with E-state index in [2.05, 4.69) is 5.32 Å². The molecule has 0 saturated carbocycles. The summed E-state index contributed by atoms with van der Waals surface area (Å²) in [4.78, 5) is 24.0. The third kappa shape index (κ3) is 5.21. The van der Waals surface area contributed by atoms with Gasteiger partial charge in [-0.15, -0.1) is 0 Å². The summed E-state index contributed by atoms with van der Waals surface area (Å²) in [6, 6.07) is -0.553. The molecule has 10 atom stereocenters. The Bertz CT molecular complexity index is 834. The zero-order chi connectivity index (χ0) is 25.1. The Labute approximate surface area is 204 Å². The number of hydrogen-bond donors (Lipinski definition) is 1. The minimum absolute atomic E-state index is 0.0669. The highest BCUT2D eigenvalue weighted by atomic mass is 16.9. The Morgan fingerprint density at radius 3 is 2.00 bits per heavy atom. The summed E-state index contributed by atoms with van der Waals surface area (Å²) in [6.45, 7) is 10.2. The van der Waals surface area contributed by atoms with E-state index in [1.165, 1.54) is 13.8 Å². The Hall–Kier alpha value is -1.38. The molecule has 5 aliphatic rings. The lowest BCUT2D eigenvalue weighted by atomic mass is 9.97. The predicted octanol–water partition coefficient (Wildman–Crippen LogP) is 0.350. The second-order valence-corrected chi connectivity index (χ2v) is 10.6. The highest BCUT2D eigenvalue weighted by molar-refractivity contribution is 5.73. The highest BCUT2D eigenvalue weighted by Gasteiger charge is 2.60. The van der Waals surface area contributed by atoms with Crippen molar-refractivity contribution in [3.63, 3.8) is 0 Å². The lowest BCUT2D eigenvalue weighted by Gasteiger charge is -2.32. The molecular weight excluding hydrogens is 466 g/mol. The number of amides is 1. The largest absolute Gasteiger partial charge is 0.460 e. The second-order valence-electron chi connectivity index (χ2n) is 10.6. The quantitative estimate of drug-likeness (QED) is 0.526. The second kappa shape index (κ2) is 9.18. The van der Waals surface area contributed by atoms with Gasteiger partial charge in [0.25, 0.3) is 0 Å². The lowest BCUT2D eigenvalue weighted by molar-refractivity contribution is -0.235. The molecule has 0 aromatic rings. The van der Waals surface area contributed by atoms with Gasteiger partial charge < -0.3 is 47.9 Å². The molecule has 12 nitrogen and oxygen atoms in total. The van der Waals surface area contributed by atoms with E-state index in [0.717, 1.165) is 0 Å². The number of esters is 1. The van der Waals surface area contributed by atoms with Crippen LogP contribution in [0.25, 0.3) is 0 Å². The summed E-state index contributed by atoms with van der Waals surface area (Å²) < 4.78 is 54.5. The van der Waals surface area contributed by atoms with Gasteiger partial charge in [0.05, 0.1) is 19.3 Å². The zero-order valence-corrected chi connectivity index (χ0v) is 20.9. The molecule has 0 spiro atoms. The summed E-state index contributed by atoms with van der Waals surface area (Å²) in [7, 11) is 0. The van der Waals surface area contributed by atoms with Gasteiger partial charge in [-0.05, 0) is 27.7 Å². The average Bonchev–Trinajstić information content (AvgIpc) is 3.37. The van der Waals surface area contributed by atoms with Gasteiger partial charge >= 0.3 is 5.97 Å². The van der Waals surface area contributed by atoms with E-state index in [-0.39, 0.29) is 25.5 Å². The van der Waals surface area contributed by atoms with Crippen LogP contribution in [0, 0.1) is 0 Å². The van der Waals surface area contributed by atoms with Gasteiger partial charge in [0, 0.05) is 20.3 Å². The molecule has 5 saturated heterocycles. The fourth-order valence-electron chi connectivity index (χ4n) is 5.53. The number of hydrogen-bond acceptors (Lipinski definition) is 11. The third-order valence-electron chi connectivity index (χ3n) is 6.68. The molecule has 1 unspecified atom stereocenters. The van der Waals surface area contributed by atoms with Gasteiger partial charge in [-0.2, -0.15) is 0 Å². The molecule has 198 valence electrons. The summed E-state index contributed by atoms with van der Waals surface area (Å²) >= 11 is 0. The summed E-state index contributed by atoms with van der Waals surface area (Å²) in [6.07, 6.45) is -4.94. The molecule has 0 aromatic carbocycles. The van der Waals surface area contributed by atoms with Crippen LogP contribution in [0.3, 0.4) is 0 Å². The van der Waals surface area contributed by atoms with Crippen molar-refractivity contribution in [3.05, 3.63) is 0 Å². The molecule has 0 aromatic heterocycles. The topological polar surface area (TPSA) is 129 Å². The average molecular weight is 502 g/mol. The number of carbonyl (C=O) groups is 2. The van der Waals surface area contributed by atoms with Crippen molar-refractivity contribution in [3.8, 4) is 0 Å². The van der Waals surface area contributed by atoms with Gasteiger partial charge in [-0.25, -0.2) is 0 Å². The van der Waals surface area contributed by atoms with Crippen molar-refractivity contribution in [1.82, 2.24) is 5.32 Å². The van der Waals surface area contributed by atoms with Crippen LogP contribution >= 0.6 is 0 Å². The Morgan fingerprint density at radius 2 is 1.37 bits per heavy atom. The van der Waals surface area contributed by atoms with E-state index in [1.807, 2.05) is 13.8 Å². The van der Waals surface area contributed by atoms with E-state index in [0.29, 0.717) is 0 Å². The molecule has 12 heteroatoms. The van der Waals surface area contributed by atoms with Crippen molar-refractivity contribution in [2.45, 2.75) is 121 Å². The van der Waals surface area contributed by atoms with Crippen molar-refractivity contribution < 1.29 is 52.2 Å². The van der Waals surface area contributed by atoms with E-state index in [4.69, 9.17) is 42.6 Å². The SMILES string of the molecule is CC(=O)NC1C[C@H](OC(C)=O)CO[C@H]2[C@H]3OC(C)(C)O[C@H]3O[C@@H]2CO[C@H]2[C@H]3OC(C)(C)O[C@H]3O[C@H]12. The first-order valence-corrected chi connectivity index (χ1v) is 12.1. The first-order valence-electron chi connectivity index (χ1n) is 12.1. The van der Waals surface area contributed by atoms with E-state index < -0.39 is 78.9 Å². The van der Waals surface area contributed by atoms with Crippen LogP contribution in [0.15, 0.2) is 0 Å². The smallest absolute Gasteiger partial charge is 0.302 e. The van der Waals surface area contributed by atoms with Gasteiger partial charge in [-0.3, -0.25) is 9.59 Å². The van der Waals surface area contributed by atoms with Crippen LogP contribution in [-0.4, -0.2) is 98.0 Å². The molecule has 5 rings (SSSR count). The molecule has 35 heavy (non-hydrogen) atoms. The number of nitrogens with one attached hydrogen (secondary N) is 1. The molecule has 0 aliphatic carbocycles. The number of ether oxygens (including phenoxy) is 9. The summed E-state index contributed by atoms with van der Waals surface area (Å²) in [5, 5.41) is 2.92. The molecular formula is C23H35NO11. The Balaban J connectivity index is 1.43. The number of fused-ring (bicyclic) bond motifs is 6. The summed E-state index contributed by atoms with van der Waals surface area (Å²) in [5.74, 6) is -2.38. The monoisotopic (exact) mass is 501 g/mol. The molecule has 1 N–H and O–H groups in total. The number of rotatable bonds is 2. The van der Waals surface area contributed by atoms with Gasteiger partial charge in [0.15, 0.2) is 24.2 Å². The normalized spacial score (nSPS) is 46.0. The summed E-state index contributed by atoms with van der Waals surface area (Å²) in [5.41, 5.74) is 0. The highest BCUT2D eigenvalue weighted by Crippen LogP contribution is 2.43. The van der Waals surface area contributed by atoms with Crippen LogP contribution < -0.4 is 5.32 Å². The van der Waals surface area contributed by atoms with Gasteiger partial charge in [-0.1, -0.05) is 0 Å². The van der Waals surface area contributed by atoms with Crippen molar-refractivity contribution in [1.29, 1.82) is 0 Å². The maximum Gasteiger partial charge on any atom is 0.302 e. The van der Waals surface area contributed by atoms with E-state index in [1.54, 1.807) is 13.8 Å². The fourth-order valence-corrected chi connectivity index (χ4v) is 5.53. The van der Waals surface area contributed by atoms with Crippen molar-refractivity contribution in [2.24, 2.45) is 0 Å². The Morgan fingerprint density at radius 1 is 0.771 bits per heavy atom. The minimum atomic E-state index is -0.848. The molecule has 1 amide bonds. The first kappa shape index (κ1) is 25.3. The molecule has 0 radical (unpaired) electrons. The van der Waals surface area contributed by atoms with E-state index in [9.17, 15) is 9.59 Å². The maximum absolute atomic E-state index is 12.1. The molecule has 5 heterocycles. The van der Waals surface area contributed by atoms with Gasteiger partial charge in [0.2, 0.25) is 5.91 Å². The molecule has 5 fully saturated rings. The minimum Gasteiger partial charge on any atom is -0.460 e. The third-order valence-corrected chi connectivity index (χ3v) is 6.68. The van der Waals surface area contributed by atoms with Crippen molar-refractivity contribution in [2.75, 3.05) is 13.2 Å². The van der Waals surface area contributed by atoms with Crippen LogP contribution in [-0.2, 0) is 52.2 Å². The molecule has 5 aliphatic heterocycles. The Kier molecular flexibility index (Phi) is 6.63. The van der Waals surface area contributed by atoms with Crippen LogP contribution in [0.1, 0.15) is 48.0 Å². The van der Waals surface area contributed by atoms with Crippen LogP contribution in [0.4, 0.5) is 0 Å². The van der Waals surface area contributed by atoms with Gasteiger partial charge in [0.1, 0.15) is 42.7 Å². The van der Waals surface area contributed by atoms with E-state index >= 15 is 0 Å². The fraction of sp³-hybridized carbons (Fsp3) is 0.913.